The lowest BCUT2D eigenvalue weighted by Crippen LogP contribution is -2.46. The zero-order valence-electron chi connectivity index (χ0n) is 15.4. The Balaban J connectivity index is 1.66. The van der Waals surface area contributed by atoms with E-state index in [0.717, 1.165) is 11.1 Å². The minimum atomic E-state index is -3.53. The third-order valence-electron chi connectivity index (χ3n) is 4.87. The van der Waals surface area contributed by atoms with Crippen molar-refractivity contribution in [3.8, 4) is 0 Å². The number of rotatable bonds is 4. The minimum Gasteiger partial charge on any atom is -0.349 e. The fourth-order valence-corrected chi connectivity index (χ4v) is 5.27. The van der Waals surface area contributed by atoms with Crippen LogP contribution in [0, 0.1) is 13.8 Å². The first kappa shape index (κ1) is 19.9. The number of nitrogens with zero attached hydrogens (tertiary/aromatic N) is 1. The van der Waals surface area contributed by atoms with Crippen molar-refractivity contribution in [3.63, 3.8) is 0 Å². The number of sulfonamides is 1. The molecule has 0 unspecified atom stereocenters. The van der Waals surface area contributed by atoms with Crippen molar-refractivity contribution >= 4 is 27.5 Å². The molecule has 0 saturated carbocycles. The lowest BCUT2D eigenvalue weighted by Gasteiger charge is -2.32. The Hall–Kier alpha value is -1.89. The number of carbonyl (C=O) groups excluding carboxylic acids is 1. The van der Waals surface area contributed by atoms with Crippen LogP contribution < -0.4 is 5.32 Å². The number of amides is 1. The molecule has 2 aromatic rings. The van der Waals surface area contributed by atoms with Gasteiger partial charge in [0.1, 0.15) is 0 Å². The SMILES string of the molecule is Cc1ccc(C)c(S(=O)(=O)N2CCC(NC(=O)c3ccccc3Cl)CC2)c1. The highest BCUT2D eigenvalue weighted by Gasteiger charge is 2.31. The minimum absolute atomic E-state index is 0.0705. The molecule has 1 aliphatic heterocycles. The molecule has 1 amide bonds. The second-order valence-corrected chi connectivity index (χ2v) is 9.21. The Morgan fingerprint density at radius 1 is 1.11 bits per heavy atom. The molecule has 3 rings (SSSR count). The van der Waals surface area contributed by atoms with Crippen molar-refractivity contribution in [1.82, 2.24) is 9.62 Å². The van der Waals surface area contributed by atoms with Crippen LogP contribution in [0.25, 0.3) is 0 Å². The molecule has 0 bridgehead atoms. The summed E-state index contributed by atoms with van der Waals surface area (Å²) in [5.74, 6) is -0.226. The van der Waals surface area contributed by atoms with Gasteiger partial charge >= 0.3 is 0 Å². The maximum Gasteiger partial charge on any atom is 0.253 e. The van der Waals surface area contributed by atoms with E-state index in [9.17, 15) is 13.2 Å². The summed E-state index contributed by atoms with van der Waals surface area (Å²) in [6, 6.07) is 12.3. The van der Waals surface area contributed by atoms with E-state index in [2.05, 4.69) is 5.32 Å². The van der Waals surface area contributed by atoms with E-state index in [1.807, 2.05) is 26.0 Å². The molecular formula is C20H23ClN2O3S. The molecule has 5 nitrogen and oxygen atoms in total. The second kappa shape index (κ2) is 8.00. The molecule has 0 aliphatic carbocycles. The van der Waals surface area contributed by atoms with E-state index in [-0.39, 0.29) is 11.9 Å². The quantitative estimate of drug-likeness (QED) is 0.844. The highest BCUT2D eigenvalue weighted by Crippen LogP contribution is 2.25. The van der Waals surface area contributed by atoms with Gasteiger partial charge in [-0.2, -0.15) is 4.31 Å². The third kappa shape index (κ3) is 4.34. The summed E-state index contributed by atoms with van der Waals surface area (Å²) < 4.78 is 27.5. The van der Waals surface area contributed by atoms with Crippen LogP contribution >= 0.6 is 11.6 Å². The largest absolute Gasteiger partial charge is 0.349 e. The van der Waals surface area contributed by atoms with Crippen LogP contribution in [0.15, 0.2) is 47.4 Å². The monoisotopic (exact) mass is 406 g/mol. The Bertz CT molecular complexity index is 951. The highest BCUT2D eigenvalue weighted by molar-refractivity contribution is 7.89. The van der Waals surface area contributed by atoms with E-state index in [4.69, 9.17) is 11.6 Å². The number of benzene rings is 2. The van der Waals surface area contributed by atoms with Gasteiger partial charge in [0.15, 0.2) is 0 Å². The predicted molar refractivity (Wildman–Crippen MR) is 107 cm³/mol. The van der Waals surface area contributed by atoms with Crippen LogP contribution in [0.1, 0.15) is 34.3 Å². The maximum atomic E-state index is 13.0. The van der Waals surface area contributed by atoms with Crippen molar-refractivity contribution in [2.24, 2.45) is 0 Å². The van der Waals surface area contributed by atoms with Gasteiger partial charge in [-0.15, -0.1) is 0 Å². The lowest BCUT2D eigenvalue weighted by atomic mass is 10.1. The van der Waals surface area contributed by atoms with Gasteiger partial charge in [-0.3, -0.25) is 4.79 Å². The van der Waals surface area contributed by atoms with Crippen LogP contribution in [0.4, 0.5) is 0 Å². The fraction of sp³-hybridized carbons (Fsp3) is 0.350. The molecule has 7 heteroatoms. The number of piperidine rings is 1. The van der Waals surface area contributed by atoms with Gasteiger partial charge in [-0.05, 0) is 56.0 Å². The van der Waals surface area contributed by atoms with Gasteiger partial charge in [0.25, 0.3) is 5.91 Å². The molecule has 1 N–H and O–H groups in total. The standard InChI is InChI=1S/C20H23ClN2O3S/c1-14-7-8-15(2)19(13-14)27(25,26)23-11-9-16(10-12-23)22-20(24)17-5-3-4-6-18(17)21/h3-8,13,16H,9-12H2,1-2H3,(H,22,24). The molecule has 0 aromatic heterocycles. The number of aryl methyl sites for hydroxylation is 2. The molecule has 144 valence electrons. The summed E-state index contributed by atoms with van der Waals surface area (Å²) in [5.41, 5.74) is 2.10. The topological polar surface area (TPSA) is 66.5 Å². The Morgan fingerprint density at radius 2 is 1.78 bits per heavy atom. The summed E-state index contributed by atoms with van der Waals surface area (Å²) in [6.45, 7) is 4.45. The van der Waals surface area contributed by atoms with Crippen LogP contribution in [-0.4, -0.2) is 37.8 Å². The summed E-state index contributed by atoms with van der Waals surface area (Å²) in [6.07, 6.45) is 1.14. The molecule has 2 aromatic carbocycles. The Morgan fingerprint density at radius 3 is 2.44 bits per heavy atom. The Labute approximate surface area is 165 Å². The average Bonchev–Trinajstić information content (AvgIpc) is 2.64. The zero-order valence-corrected chi connectivity index (χ0v) is 17.0. The Kier molecular flexibility index (Phi) is 5.89. The number of hydrogen-bond donors (Lipinski definition) is 1. The molecule has 1 aliphatic rings. The maximum absolute atomic E-state index is 13.0. The molecule has 1 heterocycles. The molecule has 0 spiro atoms. The molecule has 1 fully saturated rings. The lowest BCUT2D eigenvalue weighted by molar-refractivity contribution is 0.0924. The summed E-state index contributed by atoms with van der Waals surface area (Å²) in [4.78, 5) is 12.8. The van der Waals surface area contributed by atoms with Crippen LogP contribution in [0.3, 0.4) is 0 Å². The predicted octanol–water partition coefficient (Wildman–Crippen LogP) is 3.54. The smallest absolute Gasteiger partial charge is 0.253 e. The average molecular weight is 407 g/mol. The van der Waals surface area contributed by atoms with E-state index < -0.39 is 10.0 Å². The normalized spacial score (nSPS) is 16.3. The van der Waals surface area contributed by atoms with Crippen LogP contribution in [0.2, 0.25) is 5.02 Å². The van der Waals surface area contributed by atoms with Crippen molar-refractivity contribution < 1.29 is 13.2 Å². The van der Waals surface area contributed by atoms with Gasteiger partial charge in [0, 0.05) is 19.1 Å². The molecule has 0 atom stereocenters. The molecule has 0 radical (unpaired) electrons. The van der Waals surface area contributed by atoms with Gasteiger partial charge in [0.2, 0.25) is 10.0 Å². The summed E-state index contributed by atoms with van der Waals surface area (Å²) in [7, 11) is -3.53. The molecule has 27 heavy (non-hydrogen) atoms. The van der Waals surface area contributed by atoms with Crippen molar-refractivity contribution in [2.75, 3.05) is 13.1 Å². The highest BCUT2D eigenvalue weighted by atomic mass is 35.5. The van der Waals surface area contributed by atoms with Crippen LogP contribution in [-0.2, 0) is 10.0 Å². The first-order valence-corrected chi connectivity index (χ1v) is 10.7. The number of carbonyl (C=O) groups is 1. The molecule has 1 saturated heterocycles. The van der Waals surface area contributed by atoms with Crippen molar-refractivity contribution in [3.05, 3.63) is 64.2 Å². The number of halogens is 1. The van der Waals surface area contributed by atoms with Crippen molar-refractivity contribution in [2.45, 2.75) is 37.6 Å². The van der Waals surface area contributed by atoms with Gasteiger partial charge in [-0.25, -0.2) is 8.42 Å². The zero-order chi connectivity index (χ0) is 19.6. The second-order valence-electron chi connectivity index (χ2n) is 6.90. The van der Waals surface area contributed by atoms with Gasteiger partial charge in [-0.1, -0.05) is 35.9 Å². The van der Waals surface area contributed by atoms with Crippen LogP contribution in [0.5, 0.6) is 0 Å². The first-order valence-electron chi connectivity index (χ1n) is 8.92. The number of nitrogens with one attached hydrogen (secondary N) is 1. The summed E-state index contributed by atoms with van der Waals surface area (Å²) >= 11 is 6.07. The summed E-state index contributed by atoms with van der Waals surface area (Å²) in [5, 5.41) is 3.37. The van der Waals surface area contributed by atoms with E-state index in [1.165, 1.54) is 4.31 Å². The first-order chi connectivity index (χ1) is 12.8. The van der Waals surface area contributed by atoms with E-state index in [0.29, 0.717) is 41.4 Å². The van der Waals surface area contributed by atoms with Gasteiger partial charge in [0.05, 0.1) is 15.5 Å². The van der Waals surface area contributed by atoms with Gasteiger partial charge < -0.3 is 5.32 Å². The number of hydrogen-bond acceptors (Lipinski definition) is 3. The molecular weight excluding hydrogens is 384 g/mol. The third-order valence-corrected chi connectivity index (χ3v) is 7.24. The van der Waals surface area contributed by atoms with E-state index >= 15 is 0 Å². The fourth-order valence-electron chi connectivity index (χ4n) is 3.27. The van der Waals surface area contributed by atoms with Crippen molar-refractivity contribution in [1.29, 1.82) is 0 Å². The van der Waals surface area contributed by atoms with E-state index in [1.54, 1.807) is 30.3 Å².